The lowest BCUT2D eigenvalue weighted by Crippen LogP contribution is -2.57. The first-order valence-corrected chi connectivity index (χ1v) is 14.6. The normalized spacial score (nSPS) is 15.8. The van der Waals surface area contributed by atoms with E-state index in [1.54, 1.807) is 14.0 Å². The van der Waals surface area contributed by atoms with E-state index in [1.807, 2.05) is 39.1 Å². The minimum atomic E-state index is -0.896. The van der Waals surface area contributed by atoms with Crippen LogP contribution in [0.25, 0.3) is 10.9 Å². The number of carboxylic acids is 1. The molecule has 0 aliphatic carbocycles. The zero-order valence-electron chi connectivity index (χ0n) is 26.2. The summed E-state index contributed by atoms with van der Waals surface area (Å²) in [6, 6.07) is 7.07. The fraction of sp³-hybridized carbons (Fsp3) is 0.606. The molecule has 2 aromatic rings. The topological polar surface area (TPSA) is 100 Å². The number of nitrogens with zero attached hydrogens (tertiary/aromatic N) is 1. The summed E-state index contributed by atoms with van der Waals surface area (Å²) in [5.41, 5.74) is 2.01. The highest BCUT2D eigenvalue weighted by molar-refractivity contribution is 5.93. The number of benzene rings is 1. The van der Waals surface area contributed by atoms with Crippen LogP contribution in [0.2, 0.25) is 0 Å². The van der Waals surface area contributed by atoms with E-state index in [4.69, 9.17) is 0 Å². The second-order valence-electron chi connectivity index (χ2n) is 12.8. The van der Waals surface area contributed by atoms with E-state index in [-0.39, 0.29) is 29.4 Å². The number of allylic oxidation sites excluding steroid dienone is 1. The van der Waals surface area contributed by atoms with Gasteiger partial charge in [-0.3, -0.25) is 9.59 Å². The van der Waals surface area contributed by atoms with Crippen LogP contribution in [0.1, 0.15) is 80.2 Å². The number of aliphatic carboxylic acids is 1. The predicted molar refractivity (Wildman–Crippen MR) is 163 cm³/mol. The summed E-state index contributed by atoms with van der Waals surface area (Å²) in [7, 11) is 3.80. The van der Waals surface area contributed by atoms with Gasteiger partial charge in [0.15, 0.2) is 5.78 Å². The van der Waals surface area contributed by atoms with Crippen molar-refractivity contribution in [3.05, 3.63) is 47.7 Å². The maximum atomic E-state index is 13.7. The number of amides is 1. The monoisotopic (exact) mass is 553 g/mol. The zero-order chi connectivity index (χ0) is 30.4. The Kier molecular flexibility index (Phi) is 11.7. The number of carbonyl (C=O) groups excluding carboxylic acids is 2. The third kappa shape index (κ3) is 8.06. The van der Waals surface area contributed by atoms with E-state index in [1.165, 1.54) is 0 Å². The van der Waals surface area contributed by atoms with Crippen molar-refractivity contribution in [3.63, 3.8) is 0 Å². The van der Waals surface area contributed by atoms with Crippen molar-refractivity contribution in [2.45, 2.75) is 92.2 Å². The van der Waals surface area contributed by atoms with Crippen LogP contribution in [0.15, 0.2) is 42.1 Å². The highest BCUT2D eigenvalue weighted by Gasteiger charge is 2.39. The van der Waals surface area contributed by atoms with Crippen LogP contribution in [0, 0.1) is 23.7 Å². The Morgan fingerprint density at radius 2 is 1.68 bits per heavy atom. The van der Waals surface area contributed by atoms with Crippen molar-refractivity contribution in [1.29, 1.82) is 0 Å². The summed E-state index contributed by atoms with van der Waals surface area (Å²) in [5, 5.41) is 16.7. The number of carbonyl (C=O) groups is 3. The number of aryl methyl sites for hydroxylation is 1. The van der Waals surface area contributed by atoms with Gasteiger partial charge in [-0.05, 0) is 62.1 Å². The number of aromatic nitrogens is 1. The third-order valence-corrected chi connectivity index (χ3v) is 8.39. The van der Waals surface area contributed by atoms with Crippen LogP contribution in [0.5, 0.6) is 0 Å². The SMILES string of the molecule is CN[C@H](C(=O)N[C@H](C(=O)CCC(C)C[C@H](/C=C(\C)C(=O)O)C(C)C)C(C)C)C(C)(C)c1cn(C)c2ccccc12. The molecular formula is C33H51N3O4. The molecule has 0 saturated heterocycles. The Hall–Kier alpha value is -2.93. The van der Waals surface area contributed by atoms with Crippen molar-refractivity contribution in [1.82, 2.24) is 15.2 Å². The summed E-state index contributed by atoms with van der Waals surface area (Å²) in [6.45, 7) is 16.0. The van der Waals surface area contributed by atoms with Crippen molar-refractivity contribution in [3.8, 4) is 0 Å². The molecule has 4 atom stereocenters. The largest absolute Gasteiger partial charge is 0.478 e. The van der Waals surface area contributed by atoms with Gasteiger partial charge in [0.1, 0.15) is 0 Å². The van der Waals surface area contributed by atoms with E-state index in [2.05, 4.69) is 68.1 Å². The smallest absolute Gasteiger partial charge is 0.330 e. The Balaban J connectivity index is 2.13. The number of likely N-dealkylation sites (N-methyl/N-ethyl adjacent to an activating group) is 1. The highest BCUT2D eigenvalue weighted by atomic mass is 16.4. The van der Waals surface area contributed by atoms with Gasteiger partial charge in [-0.25, -0.2) is 4.79 Å². The molecule has 0 aliphatic rings. The van der Waals surface area contributed by atoms with E-state index < -0.39 is 23.5 Å². The molecule has 1 unspecified atom stereocenters. The molecule has 1 aromatic carbocycles. The lowest BCUT2D eigenvalue weighted by atomic mass is 9.77. The van der Waals surface area contributed by atoms with Crippen LogP contribution >= 0.6 is 0 Å². The van der Waals surface area contributed by atoms with Gasteiger partial charge in [-0.1, -0.05) is 72.7 Å². The first-order chi connectivity index (χ1) is 18.6. The summed E-state index contributed by atoms with van der Waals surface area (Å²) >= 11 is 0. The van der Waals surface area contributed by atoms with Crippen LogP contribution in [0.4, 0.5) is 0 Å². The van der Waals surface area contributed by atoms with E-state index in [0.717, 1.165) is 22.9 Å². The molecule has 0 aliphatic heterocycles. The standard InChI is InChI=1S/C33H51N3O4/c1-20(2)24(18-23(6)32(39)40)17-22(5)15-16-28(37)29(21(3)4)35-31(38)30(34-9)33(7,8)26-19-36(10)27-14-12-11-13-25(26)27/h11-14,18-22,24,29-30,34H,15-17H2,1-10H3,(H,35,38)(H,39,40)/b23-18+/t22?,24-,29+,30-/m1/s1. The van der Waals surface area contributed by atoms with E-state index >= 15 is 0 Å². The minimum absolute atomic E-state index is 0.0337. The first kappa shape index (κ1) is 33.3. The summed E-state index contributed by atoms with van der Waals surface area (Å²) < 4.78 is 2.08. The van der Waals surface area contributed by atoms with Crippen molar-refractivity contribution >= 4 is 28.6 Å². The Morgan fingerprint density at radius 3 is 2.23 bits per heavy atom. The van der Waals surface area contributed by atoms with Gasteiger partial charge < -0.3 is 20.3 Å². The number of carboxylic acid groups (broad SMARTS) is 1. The second-order valence-corrected chi connectivity index (χ2v) is 12.8. The van der Waals surface area contributed by atoms with Crippen molar-refractivity contribution < 1.29 is 19.5 Å². The fourth-order valence-electron chi connectivity index (χ4n) is 5.74. The van der Waals surface area contributed by atoms with Crippen molar-refractivity contribution in [2.24, 2.45) is 30.7 Å². The second kappa shape index (κ2) is 14.1. The maximum Gasteiger partial charge on any atom is 0.330 e. The molecule has 0 bridgehead atoms. The Labute approximate surface area is 240 Å². The molecule has 0 radical (unpaired) electrons. The molecular weight excluding hydrogens is 502 g/mol. The van der Waals surface area contributed by atoms with Crippen LogP contribution in [-0.4, -0.2) is 46.5 Å². The molecule has 0 fully saturated rings. The molecule has 7 nitrogen and oxygen atoms in total. The molecule has 222 valence electrons. The van der Waals surface area contributed by atoms with Crippen LogP contribution in [0.3, 0.4) is 0 Å². The lowest BCUT2D eigenvalue weighted by molar-refractivity contribution is -0.132. The Morgan fingerprint density at radius 1 is 1.05 bits per heavy atom. The van der Waals surface area contributed by atoms with Gasteiger partial charge in [-0.2, -0.15) is 0 Å². The molecule has 1 aromatic heterocycles. The summed E-state index contributed by atoms with van der Waals surface area (Å²) in [4.78, 5) is 38.4. The van der Waals surface area contributed by atoms with Gasteiger partial charge >= 0.3 is 5.97 Å². The number of Topliss-reactive ketones (excluding diaryl/α,β-unsaturated/α-hetero) is 1. The average molecular weight is 554 g/mol. The molecule has 3 N–H and O–H groups in total. The van der Waals surface area contributed by atoms with Gasteiger partial charge in [0.2, 0.25) is 5.91 Å². The zero-order valence-corrected chi connectivity index (χ0v) is 26.2. The lowest BCUT2D eigenvalue weighted by Gasteiger charge is -2.35. The molecule has 1 heterocycles. The van der Waals surface area contributed by atoms with Gasteiger partial charge in [0, 0.05) is 41.6 Å². The maximum absolute atomic E-state index is 13.7. The number of ketones is 1. The van der Waals surface area contributed by atoms with Crippen molar-refractivity contribution in [2.75, 3.05) is 7.05 Å². The van der Waals surface area contributed by atoms with E-state index in [9.17, 15) is 19.5 Å². The fourth-order valence-corrected chi connectivity index (χ4v) is 5.74. The van der Waals surface area contributed by atoms with E-state index in [0.29, 0.717) is 24.3 Å². The highest BCUT2D eigenvalue weighted by Crippen LogP contribution is 2.34. The summed E-state index contributed by atoms with van der Waals surface area (Å²) in [6.07, 6.45) is 5.81. The first-order valence-electron chi connectivity index (χ1n) is 14.6. The van der Waals surface area contributed by atoms with Gasteiger partial charge in [0.05, 0.1) is 12.1 Å². The number of fused-ring (bicyclic) bond motifs is 1. The number of hydrogen-bond donors (Lipinski definition) is 3. The predicted octanol–water partition coefficient (Wildman–Crippen LogP) is 5.86. The van der Waals surface area contributed by atoms with Crippen LogP contribution in [-0.2, 0) is 26.8 Å². The quantitative estimate of drug-likeness (QED) is 0.240. The number of nitrogens with one attached hydrogen (secondary N) is 2. The number of rotatable bonds is 15. The average Bonchev–Trinajstić information content (AvgIpc) is 3.22. The molecule has 2 rings (SSSR count). The number of hydrogen-bond acceptors (Lipinski definition) is 4. The molecule has 0 saturated carbocycles. The molecule has 40 heavy (non-hydrogen) atoms. The molecule has 1 amide bonds. The minimum Gasteiger partial charge on any atom is -0.478 e. The molecule has 0 spiro atoms. The summed E-state index contributed by atoms with van der Waals surface area (Å²) in [5.74, 6) is -0.413. The Bertz CT molecular complexity index is 1210. The van der Waals surface area contributed by atoms with Gasteiger partial charge in [-0.15, -0.1) is 0 Å². The third-order valence-electron chi connectivity index (χ3n) is 8.39. The molecule has 7 heteroatoms. The van der Waals surface area contributed by atoms with Gasteiger partial charge in [0.25, 0.3) is 0 Å². The number of para-hydroxylation sites is 1. The van der Waals surface area contributed by atoms with Crippen LogP contribution < -0.4 is 10.6 Å².